The van der Waals surface area contributed by atoms with Gasteiger partial charge in [-0.15, -0.1) is 0 Å². The fourth-order valence-corrected chi connectivity index (χ4v) is 4.56. The lowest BCUT2D eigenvalue weighted by Gasteiger charge is -2.21. The van der Waals surface area contributed by atoms with Crippen molar-refractivity contribution in [2.24, 2.45) is 0 Å². The van der Waals surface area contributed by atoms with Gasteiger partial charge in [-0.05, 0) is 60.0 Å². The molecule has 1 aliphatic heterocycles. The Morgan fingerprint density at radius 2 is 1.83 bits per heavy atom. The Kier molecular flexibility index (Phi) is 5.10. The molecule has 0 aliphatic carbocycles. The van der Waals surface area contributed by atoms with Gasteiger partial charge in [0, 0.05) is 59.3 Å². The maximum atomic E-state index is 14.5. The molecule has 9 heteroatoms. The van der Waals surface area contributed by atoms with E-state index in [2.05, 4.69) is 4.98 Å². The van der Waals surface area contributed by atoms with Gasteiger partial charge in [0.25, 0.3) is 5.69 Å². The van der Waals surface area contributed by atoms with E-state index in [0.717, 1.165) is 22.7 Å². The molecule has 0 spiro atoms. The minimum atomic E-state index is -0.661. The van der Waals surface area contributed by atoms with Crippen LogP contribution in [0.2, 0.25) is 0 Å². The van der Waals surface area contributed by atoms with Gasteiger partial charge in [0.05, 0.1) is 10.4 Å². The molecule has 0 saturated carbocycles. The van der Waals surface area contributed by atoms with Crippen molar-refractivity contribution >= 4 is 28.1 Å². The quantitative estimate of drug-likeness (QED) is 0.223. The van der Waals surface area contributed by atoms with Gasteiger partial charge in [-0.3, -0.25) is 15.1 Å². The summed E-state index contributed by atoms with van der Waals surface area (Å²) in [5.41, 5.74) is 3.86. The molecule has 3 aromatic carbocycles. The molecule has 0 radical (unpaired) electrons. The monoisotopic (exact) mass is 481 g/mol. The second-order valence-corrected chi connectivity index (χ2v) is 8.44. The Bertz CT molecular complexity index is 1660. The summed E-state index contributed by atoms with van der Waals surface area (Å²) in [5.74, 6) is -0.227. The van der Waals surface area contributed by atoms with Crippen LogP contribution >= 0.6 is 0 Å². The minimum Gasteiger partial charge on any atom is -0.325 e. The number of benzene rings is 3. The number of anilines is 2. The summed E-state index contributed by atoms with van der Waals surface area (Å²) in [6.45, 7) is 0.587. The van der Waals surface area contributed by atoms with Gasteiger partial charge in [-0.2, -0.15) is 0 Å². The third kappa shape index (κ3) is 3.70. The van der Waals surface area contributed by atoms with Crippen LogP contribution in [-0.4, -0.2) is 26.4 Å². The molecule has 7 nitrogen and oxygen atoms in total. The van der Waals surface area contributed by atoms with Crippen LogP contribution in [0.1, 0.15) is 5.56 Å². The highest BCUT2D eigenvalue weighted by Gasteiger charge is 2.26. The summed E-state index contributed by atoms with van der Waals surface area (Å²) in [6.07, 6.45) is 3.95. The Morgan fingerprint density at radius 3 is 2.61 bits per heavy atom. The molecule has 0 fully saturated rings. The van der Waals surface area contributed by atoms with Crippen molar-refractivity contribution in [3.05, 3.63) is 106 Å². The highest BCUT2D eigenvalue weighted by Crippen LogP contribution is 2.40. The van der Waals surface area contributed by atoms with E-state index in [1.807, 2.05) is 17.0 Å². The number of non-ortho nitro benzene ring substituents is 1. The van der Waals surface area contributed by atoms with Crippen molar-refractivity contribution in [2.75, 3.05) is 11.4 Å². The third-order valence-electron chi connectivity index (χ3n) is 6.26. The van der Waals surface area contributed by atoms with Crippen LogP contribution < -0.4 is 4.90 Å². The summed E-state index contributed by atoms with van der Waals surface area (Å²) < 4.78 is 28.0. The van der Waals surface area contributed by atoms with Gasteiger partial charge in [-0.25, -0.2) is 18.7 Å². The molecule has 176 valence electrons. The largest absolute Gasteiger partial charge is 0.325 e. The molecule has 0 amide bonds. The van der Waals surface area contributed by atoms with E-state index in [0.29, 0.717) is 41.3 Å². The molecule has 1 aliphatic rings. The SMILES string of the molecule is O=[N+]([O-])c1ccc2c(c1)CCN2c1nc(-c2cccnc2)nc2cc(-c3ccc(F)cc3F)ccc12. The number of halogens is 2. The lowest BCUT2D eigenvalue weighted by Crippen LogP contribution is -2.16. The van der Waals surface area contributed by atoms with Crippen LogP contribution in [0, 0.1) is 21.7 Å². The summed E-state index contributed by atoms with van der Waals surface area (Å²) >= 11 is 0. The first kappa shape index (κ1) is 21.7. The molecular weight excluding hydrogens is 464 g/mol. The fraction of sp³-hybridized carbons (Fsp3) is 0.0741. The highest BCUT2D eigenvalue weighted by atomic mass is 19.1. The molecule has 6 rings (SSSR count). The molecular formula is C27H17F2N5O2. The normalized spacial score (nSPS) is 12.7. The van der Waals surface area contributed by atoms with Crippen LogP contribution in [0.3, 0.4) is 0 Å². The number of rotatable bonds is 4. The average Bonchev–Trinajstić information content (AvgIpc) is 3.31. The Hall–Kier alpha value is -4.79. The number of pyridine rings is 1. The zero-order valence-corrected chi connectivity index (χ0v) is 18.7. The minimum absolute atomic E-state index is 0.0464. The van der Waals surface area contributed by atoms with E-state index in [1.165, 1.54) is 18.2 Å². The zero-order valence-electron chi connectivity index (χ0n) is 18.7. The van der Waals surface area contributed by atoms with Crippen molar-refractivity contribution in [3.8, 4) is 22.5 Å². The van der Waals surface area contributed by atoms with Crippen molar-refractivity contribution in [3.63, 3.8) is 0 Å². The average molecular weight is 481 g/mol. The molecule has 2 aromatic heterocycles. The number of fused-ring (bicyclic) bond motifs is 2. The van der Waals surface area contributed by atoms with Gasteiger partial charge in [-0.1, -0.05) is 6.07 Å². The Morgan fingerprint density at radius 1 is 0.944 bits per heavy atom. The Labute approximate surface area is 203 Å². The van der Waals surface area contributed by atoms with E-state index in [1.54, 1.807) is 42.7 Å². The number of nitro benzene ring substituents is 1. The number of aromatic nitrogens is 3. The first-order valence-corrected chi connectivity index (χ1v) is 11.2. The summed E-state index contributed by atoms with van der Waals surface area (Å²) in [5, 5.41) is 12.0. The van der Waals surface area contributed by atoms with Gasteiger partial charge >= 0.3 is 0 Å². The predicted molar refractivity (Wildman–Crippen MR) is 132 cm³/mol. The van der Waals surface area contributed by atoms with Crippen LogP contribution in [0.5, 0.6) is 0 Å². The van der Waals surface area contributed by atoms with Gasteiger partial charge in [0.2, 0.25) is 0 Å². The zero-order chi connectivity index (χ0) is 24.8. The third-order valence-corrected chi connectivity index (χ3v) is 6.26. The summed E-state index contributed by atoms with van der Waals surface area (Å²) in [4.78, 5) is 26.6. The Balaban J connectivity index is 1.55. The van der Waals surface area contributed by atoms with Crippen LogP contribution in [0.25, 0.3) is 33.4 Å². The maximum Gasteiger partial charge on any atom is 0.269 e. The second kappa shape index (κ2) is 8.46. The maximum absolute atomic E-state index is 14.5. The molecule has 0 unspecified atom stereocenters. The van der Waals surface area contributed by atoms with Crippen LogP contribution in [0.4, 0.5) is 26.0 Å². The van der Waals surface area contributed by atoms with Crippen molar-refractivity contribution < 1.29 is 13.7 Å². The lowest BCUT2D eigenvalue weighted by molar-refractivity contribution is -0.384. The molecule has 3 heterocycles. The predicted octanol–water partition coefficient (Wildman–Crippen LogP) is 6.24. The molecule has 36 heavy (non-hydrogen) atoms. The van der Waals surface area contributed by atoms with Crippen molar-refractivity contribution in [2.45, 2.75) is 6.42 Å². The van der Waals surface area contributed by atoms with E-state index < -0.39 is 16.6 Å². The summed E-state index contributed by atoms with van der Waals surface area (Å²) in [6, 6.07) is 17.3. The van der Waals surface area contributed by atoms with Gasteiger partial charge < -0.3 is 4.90 Å². The van der Waals surface area contributed by atoms with E-state index >= 15 is 0 Å². The summed E-state index contributed by atoms with van der Waals surface area (Å²) in [7, 11) is 0. The number of nitrogens with zero attached hydrogens (tertiary/aromatic N) is 5. The van der Waals surface area contributed by atoms with Crippen LogP contribution in [-0.2, 0) is 6.42 Å². The lowest BCUT2D eigenvalue weighted by atomic mass is 10.0. The number of hydrogen-bond donors (Lipinski definition) is 0. The van der Waals surface area contributed by atoms with Crippen molar-refractivity contribution in [1.82, 2.24) is 15.0 Å². The van der Waals surface area contributed by atoms with Crippen molar-refractivity contribution in [1.29, 1.82) is 0 Å². The first-order valence-electron chi connectivity index (χ1n) is 11.2. The molecule has 5 aromatic rings. The fourth-order valence-electron chi connectivity index (χ4n) is 4.56. The highest BCUT2D eigenvalue weighted by molar-refractivity contribution is 5.96. The molecule has 0 saturated heterocycles. The van der Waals surface area contributed by atoms with Gasteiger partial charge in [0.1, 0.15) is 17.5 Å². The van der Waals surface area contributed by atoms with E-state index in [-0.39, 0.29) is 11.3 Å². The number of nitro groups is 1. The standard InChI is InChI=1S/C27H17F2N5O2/c28-19-4-7-21(23(29)14-19)16-3-6-22-24(13-16)31-26(18-2-1-10-30-15-18)32-27(22)33-11-9-17-12-20(34(35)36)5-8-25(17)33/h1-8,10,12-15H,9,11H2. The van der Waals surface area contributed by atoms with Gasteiger partial charge in [0.15, 0.2) is 5.82 Å². The first-order chi connectivity index (χ1) is 17.5. The van der Waals surface area contributed by atoms with Crippen LogP contribution in [0.15, 0.2) is 79.1 Å². The molecule has 0 atom stereocenters. The molecule has 0 bridgehead atoms. The smallest absolute Gasteiger partial charge is 0.269 e. The van der Waals surface area contributed by atoms with E-state index in [4.69, 9.17) is 9.97 Å². The molecule has 0 N–H and O–H groups in total. The number of hydrogen-bond acceptors (Lipinski definition) is 6. The second-order valence-electron chi connectivity index (χ2n) is 8.44. The van der Waals surface area contributed by atoms with E-state index in [9.17, 15) is 18.9 Å². The topological polar surface area (TPSA) is 85.0 Å².